The number of aromatic nitrogens is 2. The summed E-state index contributed by atoms with van der Waals surface area (Å²) in [6.07, 6.45) is 7.42. The first-order valence-electron chi connectivity index (χ1n) is 11.4. The normalized spacial score (nSPS) is 19.8. The number of ether oxygens (including phenoxy) is 4. The molecule has 2 aromatic heterocycles. The number of hydrogen-bond acceptors (Lipinski definition) is 8. The maximum Gasteiger partial charge on any atom is 0.0701 e. The molecule has 176 valence electrons. The zero-order valence-corrected chi connectivity index (χ0v) is 18.9. The fourth-order valence-electron chi connectivity index (χ4n) is 3.46. The van der Waals surface area contributed by atoms with Crippen LogP contribution in [0.2, 0.25) is 0 Å². The first kappa shape index (κ1) is 24.7. The summed E-state index contributed by atoms with van der Waals surface area (Å²) in [5.41, 5.74) is 2.38. The van der Waals surface area contributed by atoms with Crippen LogP contribution in [-0.4, -0.2) is 98.8 Å². The summed E-state index contributed by atoms with van der Waals surface area (Å²) in [5.74, 6) is 0. The molecule has 0 radical (unpaired) electrons. The van der Waals surface area contributed by atoms with E-state index in [9.17, 15) is 0 Å². The number of rotatable bonds is 4. The van der Waals surface area contributed by atoms with E-state index in [-0.39, 0.29) is 0 Å². The molecule has 0 N–H and O–H groups in total. The van der Waals surface area contributed by atoms with Crippen LogP contribution in [0, 0.1) is 0 Å². The quantitative estimate of drug-likeness (QED) is 0.708. The second-order valence-electron chi connectivity index (χ2n) is 7.72. The van der Waals surface area contributed by atoms with Crippen LogP contribution < -0.4 is 0 Å². The van der Waals surface area contributed by atoms with Gasteiger partial charge in [0.1, 0.15) is 0 Å². The monoisotopic (exact) mass is 444 g/mol. The van der Waals surface area contributed by atoms with Gasteiger partial charge in [-0.25, -0.2) is 0 Å². The molecule has 3 rings (SSSR count). The topological polar surface area (TPSA) is 69.2 Å². The van der Waals surface area contributed by atoms with E-state index in [0.717, 1.165) is 39.3 Å². The van der Waals surface area contributed by atoms with Crippen molar-refractivity contribution in [2.75, 3.05) is 79.0 Å². The highest BCUT2D eigenvalue weighted by Crippen LogP contribution is 2.04. The van der Waals surface area contributed by atoms with E-state index < -0.39 is 0 Å². The van der Waals surface area contributed by atoms with Crippen LogP contribution in [0.4, 0.5) is 0 Å². The molecule has 2 aromatic rings. The third kappa shape index (κ3) is 10.6. The highest BCUT2D eigenvalue weighted by Gasteiger charge is 2.09. The minimum absolute atomic E-state index is 0.600. The molecule has 0 spiro atoms. The summed E-state index contributed by atoms with van der Waals surface area (Å²) in [4.78, 5) is 13.1. The maximum absolute atomic E-state index is 5.80. The number of hydrogen-bond donors (Lipinski definition) is 0. The molecule has 0 aliphatic carbocycles. The summed E-state index contributed by atoms with van der Waals surface area (Å²) in [6.45, 7) is 10.1. The zero-order chi connectivity index (χ0) is 22.1. The third-order valence-corrected chi connectivity index (χ3v) is 5.21. The van der Waals surface area contributed by atoms with Crippen molar-refractivity contribution in [1.82, 2.24) is 19.8 Å². The Balaban J connectivity index is 1.43. The Bertz CT molecular complexity index is 626. The van der Waals surface area contributed by atoms with E-state index >= 15 is 0 Å². The summed E-state index contributed by atoms with van der Waals surface area (Å²) in [7, 11) is 0. The highest BCUT2D eigenvalue weighted by molar-refractivity contribution is 5.08. The molecule has 3 heterocycles. The van der Waals surface area contributed by atoms with Gasteiger partial charge in [0.25, 0.3) is 0 Å². The van der Waals surface area contributed by atoms with Crippen molar-refractivity contribution >= 4 is 0 Å². The fourth-order valence-corrected chi connectivity index (χ4v) is 3.46. The van der Waals surface area contributed by atoms with Gasteiger partial charge >= 0.3 is 0 Å². The van der Waals surface area contributed by atoms with Gasteiger partial charge in [0.05, 0.1) is 52.9 Å². The van der Waals surface area contributed by atoms with E-state index in [1.807, 2.05) is 24.5 Å². The first-order chi connectivity index (χ1) is 15.9. The molecule has 0 saturated carbocycles. The standard InChI is InChI=1S/C24H36N4O4/c1-3-23(19-25-5-1)21-27-7-11-29-15-17-31-13-9-28(22-24-4-2-6-26-20-24)10-14-32-18-16-30-12-8-27/h1-6,19-20H,7-18,21-22H2. The van der Waals surface area contributed by atoms with Crippen molar-refractivity contribution in [3.63, 3.8) is 0 Å². The minimum atomic E-state index is 0.600. The number of pyridine rings is 2. The molecule has 0 atom stereocenters. The van der Waals surface area contributed by atoms with E-state index in [1.165, 1.54) is 11.1 Å². The molecule has 0 amide bonds. The molecule has 8 heteroatoms. The predicted molar refractivity (Wildman–Crippen MR) is 122 cm³/mol. The van der Waals surface area contributed by atoms with Crippen LogP contribution in [0.3, 0.4) is 0 Å². The van der Waals surface area contributed by atoms with Crippen LogP contribution in [0.5, 0.6) is 0 Å². The molecule has 0 bridgehead atoms. The van der Waals surface area contributed by atoms with Crippen molar-refractivity contribution in [3.8, 4) is 0 Å². The summed E-state index contributed by atoms with van der Waals surface area (Å²) in [6, 6.07) is 8.13. The maximum atomic E-state index is 5.80. The van der Waals surface area contributed by atoms with Gasteiger partial charge in [-0.3, -0.25) is 19.8 Å². The fraction of sp³-hybridized carbons (Fsp3) is 0.583. The predicted octanol–water partition coefficient (Wildman–Crippen LogP) is 1.86. The Hall–Kier alpha value is -1.94. The molecular weight excluding hydrogens is 408 g/mol. The van der Waals surface area contributed by atoms with Crippen LogP contribution in [0.15, 0.2) is 49.1 Å². The van der Waals surface area contributed by atoms with E-state index in [4.69, 9.17) is 18.9 Å². The van der Waals surface area contributed by atoms with Crippen molar-refractivity contribution < 1.29 is 18.9 Å². The third-order valence-electron chi connectivity index (χ3n) is 5.21. The Labute approximate surface area is 191 Å². The average Bonchev–Trinajstić information content (AvgIpc) is 2.82. The van der Waals surface area contributed by atoms with Crippen LogP contribution in [-0.2, 0) is 32.0 Å². The molecule has 1 aliphatic heterocycles. The van der Waals surface area contributed by atoms with Gasteiger partial charge in [0.2, 0.25) is 0 Å². The van der Waals surface area contributed by atoms with Crippen molar-refractivity contribution in [1.29, 1.82) is 0 Å². The Morgan fingerprint density at radius 1 is 0.562 bits per heavy atom. The van der Waals surface area contributed by atoms with Gasteiger partial charge in [0.15, 0.2) is 0 Å². The van der Waals surface area contributed by atoms with E-state index in [0.29, 0.717) is 52.9 Å². The highest BCUT2D eigenvalue weighted by atomic mass is 16.5. The van der Waals surface area contributed by atoms with Crippen LogP contribution in [0.25, 0.3) is 0 Å². The lowest BCUT2D eigenvalue weighted by Gasteiger charge is -2.23. The molecule has 0 aromatic carbocycles. The Morgan fingerprint density at radius 2 is 0.938 bits per heavy atom. The largest absolute Gasteiger partial charge is 0.378 e. The van der Waals surface area contributed by atoms with E-state index in [2.05, 4.69) is 31.9 Å². The van der Waals surface area contributed by atoms with Gasteiger partial charge < -0.3 is 18.9 Å². The van der Waals surface area contributed by atoms with Crippen molar-refractivity contribution in [2.45, 2.75) is 13.1 Å². The molecule has 1 saturated heterocycles. The molecule has 32 heavy (non-hydrogen) atoms. The summed E-state index contributed by atoms with van der Waals surface area (Å²) < 4.78 is 23.2. The lowest BCUT2D eigenvalue weighted by atomic mass is 10.2. The first-order valence-corrected chi connectivity index (χ1v) is 11.4. The van der Waals surface area contributed by atoms with E-state index in [1.54, 1.807) is 12.4 Å². The average molecular weight is 445 g/mol. The Kier molecular flexibility index (Phi) is 12.2. The zero-order valence-electron chi connectivity index (χ0n) is 18.9. The minimum Gasteiger partial charge on any atom is -0.378 e. The Morgan fingerprint density at radius 3 is 1.25 bits per heavy atom. The van der Waals surface area contributed by atoms with Crippen molar-refractivity contribution in [3.05, 3.63) is 60.2 Å². The second kappa shape index (κ2) is 15.8. The lowest BCUT2D eigenvalue weighted by Crippen LogP contribution is -2.32. The molecule has 0 unspecified atom stereocenters. The second-order valence-corrected chi connectivity index (χ2v) is 7.72. The molecule has 8 nitrogen and oxygen atoms in total. The summed E-state index contributed by atoms with van der Waals surface area (Å²) in [5, 5.41) is 0. The molecular formula is C24H36N4O4. The van der Waals surface area contributed by atoms with Gasteiger partial charge in [-0.2, -0.15) is 0 Å². The lowest BCUT2D eigenvalue weighted by molar-refractivity contribution is 0.00622. The SMILES string of the molecule is c1cncc(CN2CCOCCOCCN(Cc3cccnc3)CCOCCOCC2)c1. The van der Waals surface area contributed by atoms with Crippen LogP contribution in [0.1, 0.15) is 11.1 Å². The molecule has 1 fully saturated rings. The summed E-state index contributed by atoms with van der Waals surface area (Å²) >= 11 is 0. The van der Waals surface area contributed by atoms with Gasteiger partial charge in [-0.1, -0.05) is 12.1 Å². The number of nitrogens with zero attached hydrogens (tertiary/aromatic N) is 4. The van der Waals surface area contributed by atoms with Crippen molar-refractivity contribution in [2.24, 2.45) is 0 Å². The van der Waals surface area contributed by atoms with Gasteiger partial charge in [-0.15, -0.1) is 0 Å². The van der Waals surface area contributed by atoms with Crippen LogP contribution >= 0.6 is 0 Å². The van der Waals surface area contributed by atoms with Gasteiger partial charge in [-0.05, 0) is 23.3 Å². The molecule has 1 aliphatic rings. The van der Waals surface area contributed by atoms with Gasteiger partial charge in [0, 0.05) is 64.1 Å². The smallest absolute Gasteiger partial charge is 0.0701 e.